The summed E-state index contributed by atoms with van der Waals surface area (Å²) in [6.07, 6.45) is 6.15. The van der Waals surface area contributed by atoms with Crippen LogP contribution in [0, 0.1) is 11.7 Å². The molecule has 1 aliphatic heterocycles. The Hall–Kier alpha value is -3.11. The molecule has 4 heterocycles. The average Bonchev–Trinajstić information content (AvgIpc) is 3.11. The molecule has 1 saturated carbocycles. The highest BCUT2D eigenvalue weighted by Crippen LogP contribution is 2.45. The van der Waals surface area contributed by atoms with Crippen LogP contribution in [-0.4, -0.2) is 48.9 Å². The van der Waals surface area contributed by atoms with Crippen LogP contribution in [0.1, 0.15) is 38.2 Å². The number of anilines is 1. The molecule has 0 spiro atoms. The van der Waals surface area contributed by atoms with E-state index in [-0.39, 0.29) is 28.8 Å². The first-order valence-electron chi connectivity index (χ1n) is 11.0. The van der Waals surface area contributed by atoms with Gasteiger partial charge in [0.2, 0.25) is 5.91 Å². The van der Waals surface area contributed by atoms with E-state index in [9.17, 15) is 9.18 Å². The fourth-order valence-corrected chi connectivity index (χ4v) is 5.04. The lowest BCUT2D eigenvalue weighted by molar-refractivity contribution is -0.117. The number of benzene rings is 1. The summed E-state index contributed by atoms with van der Waals surface area (Å²) in [7, 11) is 0. The van der Waals surface area contributed by atoms with Crippen molar-refractivity contribution in [1.29, 1.82) is 0 Å². The van der Waals surface area contributed by atoms with Gasteiger partial charge in [0.1, 0.15) is 12.0 Å². The number of nitrogens with zero attached hydrogens (tertiary/aromatic N) is 4. The van der Waals surface area contributed by atoms with Crippen molar-refractivity contribution < 1.29 is 18.3 Å². The Balaban J connectivity index is 1.41. The third-order valence-electron chi connectivity index (χ3n) is 6.55. The van der Waals surface area contributed by atoms with Gasteiger partial charge in [-0.3, -0.25) is 14.9 Å². The number of H-pyrrole nitrogens is 1. The van der Waals surface area contributed by atoms with Crippen LogP contribution in [0.5, 0.6) is 0 Å². The average molecular weight is 487 g/mol. The number of fused-ring (bicyclic) bond motifs is 2. The van der Waals surface area contributed by atoms with Crippen molar-refractivity contribution in [2.75, 3.05) is 11.9 Å². The minimum absolute atomic E-state index is 0.0446. The number of rotatable bonds is 4. The molecule has 2 fully saturated rings. The molecule has 8 nitrogen and oxygen atoms in total. The molecule has 1 aromatic carbocycles. The van der Waals surface area contributed by atoms with Gasteiger partial charge in [0.05, 0.1) is 52.9 Å². The van der Waals surface area contributed by atoms with Gasteiger partial charge in [0, 0.05) is 28.6 Å². The van der Waals surface area contributed by atoms with Crippen molar-refractivity contribution in [3.63, 3.8) is 0 Å². The van der Waals surface area contributed by atoms with E-state index in [0.29, 0.717) is 46.4 Å². The molecule has 3 atom stereocenters. The maximum Gasteiger partial charge on any atom is 0.231 e. The Bertz CT molecular complexity index is 1460. The highest BCUT2D eigenvalue weighted by atomic mass is 35.5. The van der Waals surface area contributed by atoms with Crippen LogP contribution in [0.15, 0.2) is 24.8 Å². The first-order valence-corrected chi connectivity index (χ1v) is 11.4. The second-order valence-corrected chi connectivity index (χ2v) is 9.94. The first-order chi connectivity index (χ1) is 16.2. The molecule has 2 N–H and O–H groups in total. The number of aromatic nitrogens is 5. The van der Waals surface area contributed by atoms with Gasteiger partial charge in [-0.2, -0.15) is 5.10 Å². The predicted octanol–water partition coefficient (Wildman–Crippen LogP) is 4.64. The number of ether oxygens (including phenoxy) is 1. The van der Waals surface area contributed by atoms with Gasteiger partial charge in [-0.15, -0.1) is 0 Å². The molecule has 1 unspecified atom stereocenters. The minimum atomic E-state index is -1.09. The Labute approximate surface area is 197 Å². The van der Waals surface area contributed by atoms with Crippen LogP contribution in [0.2, 0.25) is 5.02 Å². The smallest absolute Gasteiger partial charge is 0.231 e. The monoisotopic (exact) mass is 486 g/mol. The topological polar surface area (TPSA) is 97.2 Å². The van der Waals surface area contributed by atoms with E-state index in [4.69, 9.17) is 16.3 Å². The lowest BCUT2D eigenvalue weighted by Crippen LogP contribution is -2.16. The van der Waals surface area contributed by atoms with E-state index in [0.717, 1.165) is 0 Å². The molecule has 4 aromatic rings. The van der Waals surface area contributed by atoms with E-state index in [2.05, 4.69) is 25.5 Å². The SMILES string of the molecule is CC1(C)CC(c2c(F)c(Cl)c(-c3cn4cc(NC(=O)[C@@H]5C[C@@H]5F)nc4cn3)c3cn[nH]c23)CO1. The Kier molecular flexibility index (Phi) is 4.69. The molecule has 1 aliphatic carbocycles. The molecule has 0 bridgehead atoms. The lowest BCUT2D eigenvalue weighted by Gasteiger charge is -2.17. The third kappa shape index (κ3) is 3.43. The highest BCUT2D eigenvalue weighted by Gasteiger charge is 2.44. The van der Waals surface area contributed by atoms with Gasteiger partial charge in [0.15, 0.2) is 11.5 Å². The number of halogens is 3. The Morgan fingerprint density at radius 1 is 1.35 bits per heavy atom. The molecule has 1 amide bonds. The highest BCUT2D eigenvalue weighted by molar-refractivity contribution is 6.35. The summed E-state index contributed by atoms with van der Waals surface area (Å²) in [5.74, 6) is -1.42. The Morgan fingerprint density at radius 2 is 2.15 bits per heavy atom. The molecule has 1 saturated heterocycles. The van der Waals surface area contributed by atoms with Crippen LogP contribution in [0.3, 0.4) is 0 Å². The zero-order chi connectivity index (χ0) is 23.8. The fourth-order valence-electron chi connectivity index (χ4n) is 4.74. The second-order valence-electron chi connectivity index (χ2n) is 9.56. The fraction of sp³-hybridized carbons (Fsp3) is 0.391. The third-order valence-corrected chi connectivity index (χ3v) is 6.90. The quantitative estimate of drug-likeness (QED) is 0.438. The summed E-state index contributed by atoms with van der Waals surface area (Å²) in [4.78, 5) is 20.8. The van der Waals surface area contributed by atoms with Crippen LogP contribution in [0.25, 0.3) is 27.8 Å². The van der Waals surface area contributed by atoms with Crippen molar-refractivity contribution in [3.8, 4) is 11.3 Å². The van der Waals surface area contributed by atoms with E-state index < -0.39 is 23.8 Å². The zero-order valence-corrected chi connectivity index (χ0v) is 19.2. The summed E-state index contributed by atoms with van der Waals surface area (Å²) < 4.78 is 36.3. The lowest BCUT2D eigenvalue weighted by atomic mass is 9.88. The number of hydrogen-bond acceptors (Lipinski definition) is 5. The summed E-state index contributed by atoms with van der Waals surface area (Å²) in [6, 6.07) is 0. The van der Waals surface area contributed by atoms with E-state index in [1.165, 1.54) is 6.20 Å². The number of carbonyl (C=O) groups is 1. The standard InChI is InChI=1S/C23H21ClF2N6O2/c1-23(2)4-10(9-34-23)17-20(26)19(24)18(12-5-28-31-21(12)17)14-7-32-8-15(29-16(32)6-27-14)30-22(33)11-3-13(11)25/h5-8,10-11,13H,3-4,9H2,1-2H3,(H,28,31)(H,30,33)/t10?,11-,13+/m1/s1. The van der Waals surface area contributed by atoms with Gasteiger partial charge in [-0.05, 0) is 26.7 Å². The first kappa shape index (κ1) is 21.4. The molecule has 34 heavy (non-hydrogen) atoms. The normalized spacial score (nSPS) is 23.6. The van der Waals surface area contributed by atoms with Crippen LogP contribution < -0.4 is 5.32 Å². The predicted molar refractivity (Wildman–Crippen MR) is 122 cm³/mol. The molecule has 3 aromatic heterocycles. The number of carbonyl (C=O) groups excluding carboxylic acids is 1. The van der Waals surface area contributed by atoms with Gasteiger partial charge >= 0.3 is 0 Å². The van der Waals surface area contributed by atoms with Gasteiger partial charge in [-0.1, -0.05) is 11.6 Å². The van der Waals surface area contributed by atoms with E-state index in [1.54, 1.807) is 23.0 Å². The summed E-state index contributed by atoms with van der Waals surface area (Å²) in [5.41, 5.74) is 1.97. The van der Waals surface area contributed by atoms with Crippen LogP contribution in [0.4, 0.5) is 14.6 Å². The van der Waals surface area contributed by atoms with Crippen LogP contribution >= 0.6 is 11.6 Å². The summed E-state index contributed by atoms with van der Waals surface area (Å²) >= 11 is 6.58. The molecular formula is C23H21ClF2N6O2. The summed E-state index contributed by atoms with van der Waals surface area (Å²) in [5, 5.41) is 10.3. The number of imidazole rings is 1. The van der Waals surface area contributed by atoms with Crippen molar-refractivity contribution in [2.45, 2.75) is 44.4 Å². The largest absolute Gasteiger partial charge is 0.375 e. The van der Waals surface area contributed by atoms with Crippen molar-refractivity contribution in [3.05, 3.63) is 41.2 Å². The summed E-state index contributed by atoms with van der Waals surface area (Å²) in [6.45, 7) is 4.35. The van der Waals surface area contributed by atoms with Crippen molar-refractivity contribution >= 4 is 39.9 Å². The Morgan fingerprint density at radius 3 is 2.85 bits per heavy atom. The molecule has 11 heteroatoms. The molecule has 0 radical (unpaired) electrons. The zero-order valence-electron chi connectivity index (χ0n) is 18.4. The minimum Gasteiger partial charge on any atom is -0.375 e. The maximum absolute atomic E-state index is 15.7. The van der Waals surface area contributed by atoms with E-state index in [1.807, 2.05) is 13.8 Å². The molecule has 2 aliphatic rings. The van der Waals surface area contributed by atoms with Gasteiger partial charge in [0.25, 0.3) is 0 Å². The maximum atomic E-state index is 15.7. The number of hydrogen-bond donors (Lipinski definition) is 2. The van der Waals surface area contributed by atoms with Crippen LogP contribution in [-0.2, 0) is 9.53 Å². The molecule has 176 valence electrons. The molecule has 6 rings (SSSR count). The number of nitrogens with one attached hydrogen (secondary N) is 2. The van der Waals surface area contributed by atoms with Crippen molar-refractivity contribution in [1.82, 2.24) is 24.6 Å². The molecular weight excluding hydrogens is 466 g/mol. The number of aromatic amines is 1. The van der Waals surface area contributed by atoms with Gasteiger partial charge in [-0.25, -0.2) is 13.8 Å². The van der Waals surface area contributed by atoms with Gasteiger partial charge < -0.3 is 14.5 Å². The number of amides is 1. The second kappa shape index (κ2) is 7.44. The number of alkyl halides is 1. The van der Waals surface area contributed by atoms with E-state index >= 15 is 4.39 Å². The van der Waals surface area contributed by atoms with Crippen molar-refractivity contribution in [2.24, 2.45) is 5.92 Å².